The molecule has 0 unspecified atom stereocenters. The number of para-hydroxylation sites is 3. The van der Waals surface area contributed by atoms with Gasteiger partial charge in [-0.1, -0.05) is 133 Å². The van der Waals surface area contributed by atoms with Crippen LogP contribution in [0.5, 0.6) is 0 Å². The van der Waals surface area contributed by atoms with Crippen LogP contribution in [0.15, 0.2) is 176 Å². The van der Waals surface area contributed by atoms with Crippen molar-refractivity contribution in [2.45, 2.75) is 6.92 Å². The molecule has 9 aromatic rings. The molecule has 0 radical (unpaired) electrons. The Morgan fingerprint density at radius 2 is 0.936 bits per heavy atom. The fourth-order valence-corrected chi connectivity index (χ4v) is 7.32. The molecule has 47 heavy (non-hydrogen) atoms. The van der Waals surface area contributed by atoms with Crippen molar-refractivity contribution in [2.75, 3.05) is 4.90 Å². The number of anilines is 3. The molecular weight excluding hydrogens is 569 g/mol. The Morgan fingerprint density at radius 3 is 1.60 bits per heavy atom. The SMILES string of the molecule is Cc1ccc(-c2c3ccccc3c(N(c3ccccc3)c3ccc4c(c3)c3ccccc3n4-c3ccccc3)c3ccccc23)cc1. The number of nitrogens with zero attached hydrogens (tertiary/aromatic N) is 2. The van der Waals surface area contributed by atoms with Gasteiger partial charge in [0, 0.05) is 38.6 Å². The fourth-order valence-electron chi connectivity index (χ4n) is 7.32. The summed E-state index contributed by atoms with van der Waals surface area (Å²) in [6, 6.07) is 63.9. The highest BCUT2D eigenvalue weighted by Gasteiger charge is 2.23. The van der Waals surface area contributed by atoms with E-state index in [1.807, 2.05) is 0 Å². The number of aromatic nitrogens is 1. The van der Waals surface area contributed by atoms with Gasteiger partial charge in [-0.15, -0.1) is 0 Å². The molecule has 2 heteroatoms. The van der Waals surface area contributed by atoms with Crippen molar-refractivity contribution < 1.29 is 0 Å². The molecule has 0 amide bonds. The normalized spacial score (nSPS) is 11.5. The van der Waals surface area contributed by atoms with Gasteiger partial charge < -0.3 is 9.47 Å². The zero-order chi connectivity index (χ0) is 31.3. The summed E-state index contributed by atoms with van der Waals surface area (Å²) in [5.41, 5.74) is 10.8. The summed E-state index contributed by atoms with van der Waals surface area (Å²) in [7, 11) is 0. The summed E-state index contributed by atoms with van der Waals surface area (Å²) in [6.45, 7) is 2.15. The molecule has 222 valence electrons. The van der Waals surface area contributed by atoms with Gasteiger partial charge in [-0.3, -0.25) is 0 Å². The molecule has 9 rings (SSSR count). The minimum absolute atomic E-state index is 1.12. The highest BCUT2D eigenvalue weighted by atomic mass is 15.1. The van der Waals surface area contributed by atoms with Crippen LogP contribution in [0.3, 0.4) is 0 Å². The Balaban J connectivity index is 1.37. The maximum atomic E-state index is 2.46. The van der Waals surface area contributed by atoms with E-state index in [0.717, 1.165) is 17.1 Å². The number of benzene rings is 8. The zero-order valence-corrected chi connectivity index (χ0v) is 26.1. The standard InChI is InChI=1S/C45H32N2/c1-31-24-26-32(27-25-31)44-37-19-8-10-21-39(37)45(40-22-11-9-20-38(40)44)46(33-14-4-2-5-15-33)35-28-29-43-41(30-35)36-18-12-13-23-42(36)47(43)34-16-6-3-7-17-34/h2-30H,1H3. The van der Waals surface area contributed by atoms with Crippen LogP contribution in [-0.4, -0.2) is 4.57 Å². The van der Waals surface area contributed by atoms with Gasteiger partial charge in [-0.25, -0.2) is 0 Å². The molecular formula is C45H32N2. The van der Waals surface area contributed by atoms with Crippen molar-refractivity contribution in [2.24, 2.45) is 0 Å². The van der Waals surface area contributed by atoms with Crippen molar-refractivity contribution in [3.05, 3.63) is 181 Å². The molecule has 0 saturated carbocycles. The van der Waals surface area contributed by atoms with Crippen LogP contribution in [-0.2, 0) is 0 Å². The lowest BCUT2D eigenvalue weighted by Crippen LogP contribution is -2.11. The van der Waals surface area contributed by atoms with Gasteiger partial charge in [0.2, 0.25) is 0 Å². The predicted octanol–water partition coefficient (Wildman–Crippen LogP) is 12.5. The van der Waals surface area contributed by atoms with Crippen LogP contribution in [0.4, 0.5) is 17.1 Å². The van der Waals surface area contributed by atoms with Crippen LogP contribution in [0.2, 0.25) is 0 Å². The molecule has 0 aliphatic heterocycles. The Kier molecular flexibility index (Phi) is 6.39. The molecule has 0 atom stereocenters. The fraction of sp³-hybridized carbons (Fsp3) is 0.0222. The monoisotopic (exact) mass is 600 g/mol. The lowest BCUT2D eigenvalue weighted by Gasteiger charge is -2.29. The second-order valence-electron chi connectivity index (χ2n) is 12.2. The largest absolute Gasteiger partial charge is 0.309 e. The average molecular weight is 601 g/mol. The first kappa shape index (κ1) is 27.2. The first-order chi connectivity index (χ1) is 23.3. The number of aryl methyl sites for hydroxylation is 1. The van der Waals surface area contributed by atoms with E-state index in [-0.39, 0.29) is 0 Å². The van der Waals surface area contributed by atoms with Crippen LogP contribution >= 0.6 is 0 Å². The van der Waals surface area contributed by atoms with Crippen LogP contribution in [0.1, 0.15) is 5.56 Å². The number of rotatable bonds is 5. The molecule has 0 spiro atoms. The molecule has 0 saturated heterocycles. The Bertz CT molecular complexity index is 2500. The van der Waals surface area contributed by atoms with Crippen molar-refractivity contribution >= 4 is 60.4 Å². The summed E-state index contributed by atoms with van der Waals surface area (Å²) < 4.78 is 2.38. The average Bonchev–Trinajstić information content (AvgIpc) is 3.47. The first-order valence-electron chi connectivity index (χ1n) is 16.2. The lowest BCUT2D eigenvalue weighted by atomic mass is 9.89. The summed E-state index contributed by atoms with van der Waals surface area (Å²) in [5, 5.41) is 7.40. The topological polar surface area (TPSA) is 8.17 Å². The van der Waals surface area contributed by atoms with Crippen molar-refractivity contribution in [1.29, 1.82) is 0 Å². The van der Waals surface area contributed by atoms with E-state index >= 15 is 0 Å². The maximum Gasteiger partial charge on any atom is 0.0618 e. The van der Waals surface area contributed by atoms with E-state index in [2.05, 4.69) is 192 Å². The highest BCUT2D eigenvalue weighted by molar-refractivity contribution is 6.22. The van der Waals surface area contributed by atoms with E-state index in [1.54, 1.807) is 0 Å². The minimum Gasteiger partial charge on any atom is -0.309 e. The minimum atomic E-state index is 1.12. The lowest BCUT2D eigenvalue weighted by molar-refractivity contribution is 1.18. The van der Waals surface area contributed by atoms with Gasteiger partial charge in [0.05, 0.1) is 16.7 Å². The summed E-state index contributed by atoms with van der Waals surface area (Å²) in [4.78, 5) is 2.46. The van der Waals surface area contributed by atoms with Crippen LogP contribution in [0, 0.1) is 6.92 Å². The van der Waals surface area contributed by atoms with Crippen molar-refractivity contribution in [3.8, 4) is 16.8 Å². The molecule has 0 fully saturated rings. The van der Waals surface area contributed by atoms with Crippen molar-refractivity contribution in [3.63, 3.8) is 0 Å². The molecule has 1 aromatic heterocycles. The van der Waals surface area contributed by atoms with Crippen molar-refractivity contribution in [1.82, 2.24) is 4.57 Å². The second-order valence-corrected chi connectivity index (χ2v) is 12.2. The molecule has 8 aromatic carbocycles. The Labute approximate surface area is 274 Å². The predicted molar refractivity (Wildman–Crippen MR) is 201 cm³/mol. The third-order valence-corrected chi connectivity index (χ3v) is 9.41. The van der Waals surface area contributed by atoms with Crippen LogP contribution in [0.25, 0.3) is 60.2 Å². The van der Waals surface area contributed by atoms with E-state index in [9.17, 15) is 0 Å². The van der Waals surface area contributed by atoms with E-state index in [0.29, 0.717) is 0 Å². The van der Waals surface area contributed by atoms with Gasteiger partial charge in [0.1, 0.15) is 0 Å². The van der Waals surface area contributed by atoms with E-state index in [4.69, 9.17) is 0 Å². The van der Waals surface area contributed by atoms with Crippen LogP contribution < -0.4 is 4.90 Å². The van der Waals surface area contributed by atoms with E-state index in [1.165, 1.54) is 65.7 Å². The smallest absolute Gasteiger partial charge is 0.0618 e. The quantitative estimate of drug-likeness (QED) is 0.178. The van der Waals surface area contributed by atoms with Gasteiger partial charge in [-0.2, -0.15) is 0 Å². The van der Waals surface area contributed by atoms with Gasteiger partial charge in [-0.05, 0) is 77.4 Å². The molecule has 1 heterocycles. The first-order valence-corrected chi connectivity index (χ1v) is 16.2. The Hall–Kier alpha value is -6.12. The molecule has 0 N–H and O–H groups in total. The third-order valence-electron chi connectivity index (χ3n) is 9.41. The molecule has 0 aliphatic carbocycles. The number of hydrogen-bond acceptors (Lipinski definition) is 1. The summed E-state index contributed by atoms with van der Waals surface area (Å²) in [6.07, 6.45) is 0. The third kappa shape index (κ3) is 4.41. The summed E-state index contributed by atoms with van der Waals surface area (Å²) in [5.74, 6) is 0. The van der Waals surface area contributed by atoms with Gasteiger partial charge >= 0.3 is 0 Å². The number of fused-ring (bicyclic) bond motifs is 5. The second kappa shape index (κ2) is 11.0. The highest BCUT2D eigenvalue weighted by Crippen LogP contribution is 2.48. The van der Waals surface area contributed by atoms with Gasteiger partial charge in [0.25, 0.3) is 0 Å². The zero-order valence-electron chi connectivity index (χ0n) is 26.1. The van der Waals surface area contributed by atoms with Gasteiger partial charge in [0.15, 0.2) is 0 Å². The molecule has 0 bridgehead atoms. The number of hydrogen-bond donors (Lipinski definition) is 0. The maximum absolute atomic E-state index is 2.46. The Morgan fingerprint density at radius 1 is 0.404 bits per heavy atom. The molecule has 2 nitrogen and oxygen atoms in total. The van der Waals surface area contributed by atoms with E-state index < -0.39 is 0 Å². The molecule has 0 aliphatic rings. The summed E-state index contributed by atoms with van der Waals surface area (Å²) >= 11 is 0.